The number of fused-ring (bicyclic) bond motifs is 1. The Labute approximate surface area is 258 Å². The number of nitrogens with one attached hydrogen (secondary N) is 1. The zero-order valence-electron chi connectivity index (χ0n) is 25.1. The molecule has 3 fully saturated rings. The molecule has 0 unspecified atom stereocenters. The molecule has 2 saturated heterocycles. The number of aromatic nitrogens is 1. The summed E-state index contributed by atoms with van der Waals surface area (Å²) in [5, 5.41) is 1.19. The number of hydrogen-bond acceptors (Lipinski definition) is 4. The number of rotatable bonds is 7. The molecular weight excluding hydrogens is 546 g/mol. The van der Waals surface area contributed by atoms with Crippen LogP contribution in [0.3, 0.4) is 0 Å². The van der Waals surface area contributed by atoms with E-state index in [0.29, 0.717) is 12.5 Å². The molecule has 0 radical (unpaired) electrons. The van der Waals surface area contributed by atoms with Gasteiger partial charge in [0.15, 0.2) is 0 Å². The quantitative estimate of drug-likeness (QED) is 0.302. The summed E-state index contributed by atoms with van der Waals surface area (Å²) in [6.07, 6.45) is 6.41. The van der Waals surface area contributed by atoms with Crippen LogP contribution in [0.2, 0.25) is 0 Å². The van der Waals surface area contributed by atoms with E-state index in [1.54, 1.807) is 0 Å². The maximum atomic E-state index is 14.3. The smallest absolute Gasteiger partial charge is 0.256 e. The second-order valence-electron chi connectivity index (χ2n) is 13.2. The van der Waals surface area contributed by atoms with Gasteiger partial charge in [0.25, 0.3) is 5.91 Å². The van der Waals surface area contributed by atoms with Crippen molar-refractivity contribution in [1.29, 1.82) is 0 Å². The number of amidine groups is 1. The summed E-state index contributed by atoms with van der Waals surface area (Å²) in [7, 11) is 0. The molecule has 1 aromatic heterocycles. The molecule has 4 aliphatic rings. The second kappa shape index (κ2) is 11.0. The van der Waals surface area contributed by atoms with E-state index in [2.05, 4.69) is 88.7 Å². The second-order valence-corrected chi connectivity index (χ2v) is 13.2. The van der Waals surface area contributed by atoms with E-state index in [4.69, 9.17) is 4.99 Å². The number of carbonyl (C=O) groups excluding carboxylic acids is 2. The molecule has 4 heterocycles. The molecular formula is C37H39N5O2. The van der Waals surface area contributed by atoms with Crippen molar-refractivity contribution in [3.63, 3.8) is 0 Å². The number of H-pyrrole nitrogens is 1. The fourth-order valence-corrected chi connectivity index (χ4v) is 7.37. The van der Waals surface area contributed by atoms with Gasteiger partial charge in [-0.25, -0.2) is 0 Å². The summed E-state index contributed by atoms with van der Waals surface area (Å²) in [6.45, 7) is 4.75. The molecule has 1 atom stereocenters. The Bertz CT molecular complexity index is 1710. The minimum atomic E-state index is -0.706. The van der Waals surface area contributed by atoms with Crippen LogP contribution in [0.5, 0.6) is 0 Å². The van der Waals surface area contributed by atoms with Crippen LogP contribution in [-0.4, -0.2) is 75.6 Å². The van der Waals surface area contributed by atoms with Gasteiger partial charge in [-0.1, -0.05) is 60.7 Å². The van der Waals surface area contributed by atoms with Crippen LogP contribution in [0.25, 0.3) is 22.0 Å². The van der Waals surface area contributed by atoms with Crippen molar-refractivity contribution in [2.45, 2.75) is 44.2 Å². The zero-order valence-corrected chi connectivity index (χ0v) is 25.1. The summed E-state index contributed by atoms with van der Waals surface area (Å²) < 4.78 is 0. The SMILES string of the molecule is O=C(C1CC1)N1CC[C@@H](CN2C(=O)C3(CCN(Cc4ccccc4)CC3)N=C2c2ccc(-c3ccc4[nH]ccc4c3)cc2)C1. The van der Waals surface area contributed by atoms with Crippen LogP contribution in [0.4, 0.5) is 0 Å². The van der Waals surface area contributed by atoms with Crippen LogP contribution in [0.15, 0.2) is 90.1 Å². The van der Waals surface area contributed by atoms with Gasteiger partial charge in [0.05, 0.1) is 0 Å². The van der Waals surface area contributed by atoms with Gasteiger partial charge >= 0.3 is 0 Å². The first-order valence-electron chi connectivity index (χ1n) is 16.2. The molecule has 7 heteroatoms. The van der Waals surface area contributed by atoms with Crippen LogP contribution >= 0.6 is 0 Å². The first-order valence-corrected chi connectivity index (χ1v) is 16.2. The van der Waals surface area contributed by atoms with Crippen molar-refractivity contribution in [3.05, 3.63) is 96.2 Å². The average Bonchev–Trinajstić information content (AvgIpc) is 3.52. The minimum absolute atomic E-state index is 0.140. The molecule has 224 valence electrons. The third kappa shape index (κ3) is 5.13. The van der Waals surface area contributed by atoms with Gasteiger partial charge in [-0.3, -0.25) is 24.4 Å². The van der Waals surface area contributed by atoms with Crippen molar-refractivity contribution in [3.8, 4) is 11.1 Å². The van der Waals surface area contributed by atoms with Gasteiger partial charge in [0.2, 0.25) is 5.91 Å². The van der Waals surface area contributed by atoms with Crippen molar-refractivity contribution in [2.24, 2.45) is 16.8 Å². The summed E-state index contributed by atoms with van der Waals surface area (Å²) in [4.78, 5) is 42.1. The summed E-state index contributed by atoms with van der Waals surface area (Å²) >= 11 is 0. The van der Waals surface area contributed by atoms with Crippen molar-refractivity contribution in [1.82, 2.24) is 19.7 Å². The molecule has 2 amide bonds. The number of likely N-dealkylation sites (tertiary alicyclic amines) is 2. The molecule has 8 rings (SSSR count). The Morgan fingerprint density at radius 2 is 1.61 bits per heavy atom. The first kappa shape index (κ1) is 27.3. The van der Waals surface area contributed by atoms with Crippen molar-refractivity contribution in [2.75, 3.05) is 32.7 Å². The lowest BCUT2D eigenvalue weighted by Crippen LogP contribution is -2.50. The Balaban J connectivity index is 1.04. The summed E-state index contributed by atoms with van der Waals surface area (Å²) in [5.74, 6) is 1.75. The Morgan fingerprint density at radius 1 is 0.864 bits per heavy atom. The van der Waals surface area contributed by atoms with Crippen LogP contribution in [0, 0.1) is 11.8 Å². The van der Waals surface area contributed by atoms with E-state index >= 15 is 0 Å². The first-order chi connectivity index (χ1) is 21.5. The van der Waals surface area contributed by atoms with Gasteiger partial charge in [-0.2, -0.15) is 0 Å². The Hall–Kier alpha value is -4.23. The van der Waals surface area contributed by atoms with Gasteiger partial charge in [-0.05, 0) is 78.3 Å². The predicted molar refractivity (Wildman–Crippen MR) is 173 cm³/mol. The molecule has 1 N–H and O–H groups in total. The molecule has 7 nitrogen and oxygen atoms in total. The summed E-state index contributed by atoms with van der Waals surface area (Å²) in [5.41, 5.74) is 5.01. The predicted octanol–water partition coefficient (Wildman–Crippen LogP) is 5.72. The van der Waals surface area contributed by atoms with Gasteiger partial charge in [0.1, 0.15) is 11.4 Å². The third-order valence-corrected chi connectivity index (χ3v) is 10.1. The summed E-state index contributed by atoms with van der Waals surface area (Å²) in [6, 6.07) is 27.7. The van der Waals surface area contributed by atoms with E-state index < -0.39 is 5.54 Å². The number of piperidine rings is 1. The van der Waals surface area contributed by atoms with Crippen molar-refractivity contribution < 1.29 is 9.59 Å². The van der Waals surface area contributed by atoms with E-state index in [1.807, 2.05) is 16.0 Å². The van der Waals surface area contributed by atoms with Gasteiger partial charge in [0, 0.05) is 62.5 Å². The maximum Gasteiger partial charge on any atom is 0.256 e. The van der Waals surface area contributed by atoms with Gasteiger partial charge < -0.3 is 9.88 Å². The van der Waals surface area contributed by atoms with Crippen LogP contribution in [0.1, 0.15) is 43.2 Å². The molecule has 1 saturated carbocycles. The van der Waals surface area contributed by atoms with Crippen LogP contribution in [-0.2, 0) is 16.1 Å². The van der Waals surface area contributed by atoms with E-state index in [0.717, 1.165) is 87.3 Å². The van der Waals surface area contributed by atoms with Crippen molar-refractivity contribution >= 4 is 28.6 Å². The largest absolute Gasteiger partial charge is 0.361 e. The maximum absolute atomic E-state index is 14.3. The molecule has 4 aromatic rings. The number of amides is 2. The highest BCUT2D eigenvalue weighted by molar-refractivity contribution is 6.15. The molecule has 44 heavy (non-hydrogen) atoms. The number of nitrogens with zero attached hydrogens (tertiary/aromatic N) is 4. The third-order valence-electron chi connectivity index (χ3n) is 10.1. The lowest BCUT2D eigenvalue weighted by Gasteiger charge is -2.36. The topological polar surface area (TPSA) is 72.0 Å². The molecule has 1 spiro atoms. The highest BCUT2D eigenvalue weighted by Gasteiger charge is 2.50. The number of hydrogen-bond donors (Lipinski definition) is 1. The van der Waals surface area contributed by atoms with E-state index in [1.165, 1.54) is 16.5 Å². The highest BCUT2D eigenvalue weighted by atomic mass is 16.2. The lowest BCUT2D eigenvalue weighted by atomic mass is 9.87. The van der Waals surface area contributed by atoms with E-state index in [-0.39, 0.29) is 17.7 Å². The fourth-order valence-electron chi connectivity index (χ4n) is 7.37. The van der Waals surface area contributed by atoms with E-state index in [9.17, 15) is 9.59 Å². The number of carbonyl (C=O) groups is 2. The minimum Gasteiger partial charge on any atom is -0.361 e. The standard InChI is InChI=1S/C37H39N5O2/c43-35(30-10-11-30)41-19-15-27(24-41)25-42-34(29-8-6-28(7-9-29)31-12-13-33-32(22-31)14-18-38-33)39-37(36(42)44)16-20-40(21-17-37)23-26-4-2-1-3-5-26/h1-9,12-14,18,22,27,30,38H,10-11,15-17,19-21,23-25H2/t27-/m1/s1. The molecule has 1 aliphatic carbocycles. The lowest BCUT2D eigenvalue weighted by molar-refractivity contribution is -0.133. The zero-order chi connectivity index (χ0) is 29.7. The fraction of sp³-hybridized carbons (Fsp3) is 0.378. The van der Waals surface area contributed by atoms with Crippen LogP contribution < -0.4 is 0 Å². The number of benzene rings is 3. The Kier molecular flexibility index (Phi) is 6.86. The number of aromatic amines is 1. The average molecular weight is 586 g/mol. The highest BCUT2D eigenvalue weighted by Crippen LogP contribution is 2.38. The molecule has 0 bridgehead atoms. The van der Waals surface area contributed by atoms with Gasteiger partial charge in [-0.15, -0.1) is 0 Å². The monoisotopic (exact) mass is 585 g/mol. The number of aliphatic imine (C=N–C) groups is 1. The molecule has 3 aliphatic heterocycles. The normalized spacial score (nSPS) is 21.9. The molecule has 3 aromatic carbocycles. The Morgan fingerprint density at radius 3 is 2.39 bits per heavy atom.